The SMILES string of the molecule is CC(C)(C)OC(=O)NC(C)(C)C(O)C(F)F. The molecule has 0 bridgehead atoms. The van der Waals surface area contributed by atoms with Crippen LogP contribution in [0.1, 0.15) is 34.6 Å². The maximum absolute atomic E-state index is 12.3. The Labute approximate surface area is 94.0 Å². The molecule has 0 rings (SSSR count). The lowest BCUT2D eigenvalue weighted by molar-refractivity contribution is -0.0522. The molecule has 6 heteroatoms. The summed E-state index contributed by atoms with van der Waals surface area (Å²) in [5.74, 6) is 0. The molecule has 0 aromatic rings. The number of ether oxygens (including phenoxy) is 1. The Morgan fingerprint density at radius 3 is 2.00 bits per heavy atom. The van der Waals surface area contributed by atoms with Crippen molar-refractivity contribution in [1.82, 2.24) is 5.32 Å². The molecule has 0 radical (unpaired) electrons. The summed E-state index contributed by atoms with van der Waals surface area (Å²) < 4.78 is 29.4. The number of halogens is 2. The molecule has 0 aliphatic carbocycles. The van der Waals surface area contributed by atoms with Gasteiger partial charge in [-0.15, -0.1) is 0 Å². The molecule has 0 saturated heterocycles. The van der Waals surface area contributed by atoms with Crippen LogP contribution in [0.15, 0.2) is 0 Å². The first kappa shape index (κ1) is 15.1. The average molecular weight is 239 g/mol. The standard InChI is InChI=1S/C10H19F2NO3/c1-9(2,3)16-8(15)13-10(4,5)6(14)7(11)12/h6-7,14H,1-5H3,(H,13,15). The third-order valence-corrected chi connectivity index (χ3v) is 1.80. The minimum Gasteiger partial charge on any atom is -0.444 e. The van der Waals surface area contributed by atoms with Crippen LogP contribution in [0, 0.1) is 0 Å². The van der Waals surface area contributed by atoms with E-state index in [1.54, 1.807) is 20.8 Å². The number of aliphatic hydroxyl groups is 1. The quantitative estimate of drug-likeness (QED) is 0.791. The lowest BCUT2D eigenvalue weighted by atomic mass is 9.98. The number of alkyl halides is 2. The second-order valence-electron chi connectivity index (χ2n) is 5.13. The van der Waals surface area contributed by atoms with E-state index in [0.29, 0.717) is 0 Å². The van der Waals surface area contributed by atoms with Gasteiger partial charge in [-0.1, -0.05) is 0 Å². The fraction of sp³-hybridized carbons (Fsp3) is 0.900. The largest absolute Gasteiger partial charge is 0.444 e. The van der Waals surface area contributed by atoms with Crippen LogP contribution in [-0.4, -0.2) is 34.9 Å². The van der Waals surface area contributed by atoms with E-state index in [1.165, 1.54) is 13.8 Å². The van der Waals surface area contributed by atoms with Gasteiger partial charge in [0.1, 0.15) is 11.7 Å². The van der Waals surface area contributed by atoms with Crippen molar-refractivity contribution < 1.29 is 23.4 Å². The number of nitrogens with one attached hydrogen (secondary N) is 1. The van der Waals surface area contributed by atoms with Gasteiger partial charge in [0.2, 0.25) is 0 Å². The molecule has 0 aliphatic heterocycles. The van der Waals surface area contributed by atoms with E-state index in [-0.39, 0.29) is 0 Å². The summed E-state index contributed by atoms with van der Waals surface area (Å²) in [4.78, 5) is 11.3. The number of hydrogen-bond donors (Lipinski definition) is 2. The van der Waals surface area contributed by atoms with E-state index in [1.807, 2.05) is 0 Å². The summed E-state index contributed by atoms with van der Waals surface area (Å²) in [6.07, 6.45) is -5.71. The minimum atomic E-state index is -2.93. The van der Waals surface area contributed by atoms with Crippen molar-refractivity contribution in [3.63, 3.8) is 0 Å². The molecule has 0 aromatic carbocycles. The van der Waals surface area contributed by atoms with Crippen LogP contribution in [0.3, 0.4) is 0 Å². The fourth-order valence-corrected chi connectivity index (χ4v) is 0.956. The molecule has 0 aromatic heterocycles. The highest BCUT2D eigenvalue weighted by molar-refractivity contribution is 5.68. The zero-order chi connectivity index (χ0) is 13.1. The smallest absolute Gasteiger partial charge is 0.408 e. The first-order valence-electron chi connectivity index (χ1n) is 4.93. The lowest BCUT2D eigenvalue weighted by Gasteiger charge is -2.32. The van der Waals surface area contributed by atoms with Crippen LogP contribution < -0.4 is 5.32 Å². The molecule has 1 atom stereocenters. The zero-order valence-electron chi connectivity index (χ0n) is 10.2. The molecule has 0 heterocycles. The molecule has 2 N–H and O–H groups in total. The van der Waals surface area contributed by atoms with E-state index in [2.05, 4.69) is 5.32 Å². The van der Waals surface area contributed by atoms with Gasteiger partial charge in [-0.2, -0.15) is 0 Å². The summed E-state index contributed by atoms with van der Waals surface area (Å²) in [7, 11) is 0. The van der Waals surface area contributed by atoms with Crippen molar-refractivity contribution in [3.05, 3.63) is 0 Å². The van der Waals surface area contributed by atoms with Crippen LogP contribution in [-0.2, 0) is 4.74 Å². The molecule has 1 unspecified atom stereocenters. The normalized spacial score (nSPS) is 14.8. The molecule has 0 saturated carbocycles. The van der Waals surface area contributed by atoms with Gasteiger partial charge in [0, 0.05) is 0 Å². The maximum atomic E-state index is 12.3. The monoisotopic (exact) mass is 239 g/mol. The maximum Gasteiger partial charge on any atom is 0.408 e. The summed E-state index contributed by atoms with van der Waals surface area (Å²) in [5.41, 5.74) is -2.16. The molecule has 4 nitrogen and oxygen atoms in total. The predicted octanol–water partition coefficient (Wildman–Crippen LogP) is 1.92. The first-order chi connectivity index (χ1) is 6.96. The van der Waals surface area contributed by atoms with Gasteiger partial charge in [-0.3, -0.25) is 0 Å². The molecule has 0 fully saturated rings. The molecule has 96 valence electrons. The molecule has 0 aliphatic rings. The van der Waals surface area contributed by atoms with Crippen molar-refractivity contribution in [3.8, 4) is 0 Å². The van der Waals surface area contributed by atoms with Crippen molar-refractivity contribution in [2.45, 2.75) is 58.3 Å². The van der Waals surface area contributed by atoms with Gasteiger partial charge < -0.3 is 15.2 Å². The summed E-state index contributed by atoms with van der Waals surface area (Å²) in [6.45, 7) is 7.57. The minimum absolute atomic E-state index is 0.712. The Hall–Kier alpha value is -0.910. The Bertz CT molecular complexity index is 249. The number of aliphatic hydroxyl groups excluding tert-OH is 1. The average Bonchev–Trinajstić information content (AvgIpc) is 1.97. The van der Waals surface area contributed by atoms with Crippen molar-refractivity contribution >= 4 is 6.09 Å². The number of alkyl carbamates (subject to hydrolysis) is 1. The van der Waals surface area contributed by atoms with Crippen LogP contribution in [0.25, 0.3) is 0 Å². The number of carbonyl (C=O) groups excluding carboxylic acids is 1. The number of carbonyl (C=O) groups is 1. The van der Waals surface area contributed by atoms with E-state index < -0.39 is 29.8 Å². The van der Waals surface area contributed by atoms with Gasteiger partial charge in [0.15, 0.2) is 0 Å². The Morgan fingerprint density at radius 1 is 1.25 bits per heavy atom. The van der Waals surface area contributed by atoms with Gasteiger partial charge in [0.25, 0.3) is 6.43 Å². The first-order valence-corrected chi connectivity index (χ1v) is 4.93. The topological polar surface area (TPSA) is 58.6 Å². The number of amides is 1. The van der Waals surface area contributed by atoms with Crippen molar-refractivity contribution in [1.29, 1.82) is 0 Å². The van der Waals surface area contributed by atoms with Crippen LogP contribution >= 0.6 is 0 Å². The van der Waals surface area contributed by atoms with E-state index in [9.17, 15) is 18.7 Å². The summed E-state index contributed by atoms with van der Waals surface area (Å²) in [6, 6.07) is 0. The molecular weight excluding hydrogens is 220 g/mol. The van der Waals surface area contributed by atoms with E-state index in [4.69, 9.17) is 4.74 Å². The summed E-state index contributed by atoms with van der Waals surface area (Å²) >= 11 is 0. The molecule has 16 heavy (non-hydrogen) atoms. The second kappa shape index (κ2) is 4.95. The molecule has 0 spiro atoms. The predicted molar refractivity (Wildman–Crippen MR) is 55.5 cm³/mol. The van der Waals surface area contributed by atoms with Crippen LogP contribution in [0.2, 0.25) is 0 Å². The van der Waals surface area contributed by atoms with Crippen LogP contribution in [0.4, 0.5) is 13.6 Å². The molecular formula is C10H19F2NO3. The highest BCUT2D eigenvalue weighted by Crippen LogP contribution is 2.17. The highest BCUT2D eigenvalue weighted by atomic mass is 19.3. The van der Waals surface area contributed by atoms with Crippen molar-refractivity contribution in [2.75, 3.05) is 0 Å². The highest BCUT2D eigenvalue weighted by Gasteiger charge is 2.37. The van der Waals surface area contributed by atoms with E-state index in [0.717, 1.165) is 0 Å². The zero-order valence-corrected chi connectivity index (χ0v) is 10.2. The van der Waals surface area contributed by atoms with Gasteiger partial charge >= 0.3 is 6.09 Å². The molecule has 1 amide bonds. The van der Waals surface area contributed by atoms with Gasteiger partial charge in [-0.05, 0) is 34.6 Å². The fourth-order valence-electron chi connectivity index (χ4n) is 0.956. The Balaban J connectivity index is 4.42. The third-order valence-electron chi connectivity index (χ3n) is 1.80. The Morgan fingerprint density at radius 2 is 1.69 bits per heavy atom. The van der Waals surface area contributed by atoms with Crippen LogP contribution in [0.5, 0.6) is 0 Å². The van der Waals surface area contributed by atoms with Gasteiger partial charge in [0.05, 0.1) is 5.54 Å². The third kappa shape index (κ3) is 5.25. The van der Waals surface area contributed by atoms with E-state index >= 15 is 0 Å². The van der Waals surface area contributed by atoms with Crippen molar-refractivity contribution in [2.24, 2.45) is 0 Å². The number of rotatable bonds is 3. The summed E-state index contributed by atoms with van der Waals surface area (Å²) in [5, 5.41) is 11.4. The lowest BCUT2D eigenvalue weighted by Crippen LogP contribution is -2.55. The number of hydrogen-bond acceptors (Lipinski definition) is 3. The Kier molecular flexibility index (Phi) is 4.67. The van der Waals surface area contributed by atoms with Gasteiger partial charge in [-0.25, -0.2) is 13.6 Å². The second-order valence-corrected chi connectivity index (χ2v) is 5.13.